The Morgan fingerprint density at radius 1 is 0.941 bits per heavy atom. The van der Waals surface area contributed by atoms with E-state index in [-0.39, 0.29) is 5.54 Å². The van der Waals surface area contributed by atoms with Crippen LogP contribution >= 0.6 is 0 Å². The molecule has 2 bridgehead atoms. The van der Waals surface area contributed by atoms with E-state index in [4.69, 9.17) is 5.73 Å². The van der Waals surface area contributed by atoms with Crippen molar-refractivity contribution in [1.82, 2.24) is 0 Å². The Kier molecular flexibility index (Phi) is 2.38. The van der Waals surface area contributed by atoms with Crippen LogP contribution in [0.1, 0.15) is 55.2 Å². The molecule has 0 aromatic heterocycles. The van der Waals surface area contributed by atoms with Gasteiger partial charge in [-0.25, -0.2) is 0 Å². The molecule has 0 heterocycles. The number of benzene rings is 1. The highest BCUT2D eigenvalue weighted by Gasteiger charge is 2.47. The summed E-state index contributed by atoms with van der Waals surface area (Å²) in [5.74, 6) is 0. The van der Waals surface area contributed by atoms with Crippen molar-refractivity contribution in [2.24, 2.45) is 5.73 Å². The van der Waals surface area contributed by atoms with E-state index in [0.717, 1.165) is 0 Å². The predicted octanol–water partition coefficient (Wildman–Crippen LogP) is 3.61. The van der Waals surface area contributed by atoms with Crippen LogP contribution in [0.4, 0.5) is 0 Å². The fraction of sp³-hybridized carbons (Fsp3) is 0.625. The molecule has 92 valence electrons. The number of rotatable bonds is 1. The summed E-state index contributed by atoms with van der Waals surface area (Å²) in [5, 5.41) is 0. The molecule has 0 aliphatic heterocycles. The molecular formula is C16H23N. The van der Waals surface area contributed by atoms with Gasteiger partial charge in [0.15, 0.2) is 0 Å². The molecule has 0 radical (unpaired) electrons. The van der Waals surface area contributed by atoms with Gasteiger partial charge in [0.1, 0.15) is 0 Å². The topological polar surface area (TPSA) is 26.0 Å². The molecular weight excluding hydrogens is 206 g/mol. The summed E-state index contributed by atoms with van der Waals surface area (Å²) in [4.78, 5) is 0. The van der Waals surface area contributed by atoms with E-state index in [2.05, 4.69) is 32.0 Å². The lowest BCUT2D eigenvalue weighted by Gasteiger charge is -2.52. The van der Waals surface area contributed by atoms with Gasteiger partial charge in [-0.05, 0) is 68.9 Å². The molecule has 0 saturated heterocycles. The van der Waals surface area contributed by atoms with E-state index in [1.165, 1.54) is 49.7 Å². The fourth-order valence-corrected chi connectivity index (χ4v) is 3.93. The molecule has 4 rings (SSSR count). The van der Waals surface area contributed by atoms with Gasteiger partial charge in [-0.3, -0.25) is 0 Å². The molecule has 3 aliphatic rings. The van der Waals surface area contributed by atoms with Crippen molar-refractivity contribution in [3.05, 3.63) is 34.9 Å². The summed E-state index contributed by atoms with van der Waals surface area (Å²) in [6.07, 6.45) is 7.57. The number of nitrogens with two attached hydrogens (primary N) is 1. The third-order valence-electron chi connectivity index (χ3n) is 5.27. The summed E-state index contributed by atoms with van der Waals surface area (Å²) in [5.41, 5.74) is 11.5. The van der Waals surface area contributed by atoms with Crippen LogP contribution in [0.5, 0.6) is 0 Å². The Bertz CT molecular complexity index is 422. The van der Waals surface area contributed by atoms with Gasteiger partial charge in [0.05, 0.1) is 0 Å². The van der Waals surface area contributed by atoms with E-state index < -0.39 is 0 Å². The lowest BCUT2D eigenvalue weighted by molar-refractivity contribution is 0.107. The Labute approximate surface area is 104 Å². The van der Waals surface area contributed by atoms with E-state index in [9.17, 15) is 0 Å². The highest BCUT2D eigenvalue weighted by atomic mass is 14.8. The first-order valence-corrected chi connectivity index (χ1v) is 6.90. The zero-order valence-electron chi connectivity index (χ0n) is 11.1. The molecule has 3 aliphatic carbocycles. The number of hydrogen-bond donors (Lipinski definition) is 1. The summed E-state index contributed by atoms with van der Waals surface area (Å²) < 4.78 is 0. The van der Waals surface area contributed by atoms with Crippen molar-refractivity contribution in [2.75, 3.05) is 0 Å². The predicted molar refractivity (Wildman–Crippen MR) is 72.2 cm³/mol. The summed E-state index contributed by atoms with van der Waals surface area (Å²) in [6, 6.07) is 6.94. The average molecular weight is 229 g/mol. The normalized spacial score (nSPS) is 36.2. The maximum Gasteiger partial charge on any atom is 0.0155 e. The van der Waals surface area contributed by atoms with Crippen LogP contribution in [0.2, 0.25) is 0 Å². The first kappa shape index (κ1) is 11.3. The minimum Gasteiger partial charge on any atom is -0.325 e. The van der Waals surface area contributed by atoms with Gasteiger partial charge in [0, 0.05) is 5.54 Å². The van der Waals surface area contributed by atoms with Crippen LogP contribution in [0, 0.1) is 13.8 Å². The first-order valence-electron chi connectivity index (χ1n) is 6.90. The van der Waals surface area contributed by atoms with Crippen LogP contribution in [-0.4, -0.2) is 5.54 Å². The van der Waals surface area contributed by atoms with Gasteiger partial charge < -0.3 is 5.73 Å². The molecule has 0 atom stereocenters. The van der Waals surface area contributed by atoms with Gasteiger partial charge in [-0.15, -0.1) is 0 Å². The molecule has 3 fully saturated rings. The van der Waals surface area contributed by atoms with Crippen molar-refractivity contribution >= 4 is 0 Å². The van der Waals surface area contributed by atoms with Crippen molar-refractivity contribution < 1.29 is 0 Å². The van der Waals surface area contributed by atoms with Crippen LogP contribution in [0.3, 0.4) is 0 Å². The van der Waals surface area contributed by atoms with Crippen LogP contribution in [0.15, 0.2) is 18.2 Å². The lowest BCUT2D eigenvalue weighted by atomic mass is 9.55. The molecule has 1 nitrogen and oxygen atoms in total. The fourth-order valence-electron chi connectivity index (χ4n) is 3.93. The van der Waals surface area contributed by atoms with Gasteiger partial charge >= 0.3 is 0 Å². The Balaban J connectivity index is 2.01. The third kappa shape index (κ3) is 1.72. The number of fused-ring (bicyclic) bond motifs is 3. The van der Waals surface area contributed by atoms with Crippen LogP contribution < -0.4 is 5.73 Å². The SMILES string of the molecule is Cc1ccc(C)c(C23CCC(N)(CC2)CC3)c1. The monoisotopic (exact) mass is 229 g/mol. The van der Waals surface area contributed by atoms with Crippen molar-refractivity contribution in [2.45, 2.75) is 63.3 Å². The van der Waals surface area contributed by atoms with Gasteiger partial charge in [0.2, 0.25) is 0 Å². The molecule has 0 spiro atoms. The lowest BCUT2D eigenvalue weighted by Crippen LogP contribution is -2.53. The summed E-state index contributed by atoms with van der Waals surface area (Å²) >= 11 is 0. The highest BCUT2D eigenvalue weighted by Crippen LogP contribution is 2.53. The average Bonchev–Trinajstić information content (AvgIpc) is 2.34. The van der Waals surface area contributed by atoms with Gasteiger partial charge in [-0.1, -0.05) is 23.8 Å². The summed E-state index contributed by atoms with van der Waals surface area (Å²) in [6.45, 7) is 4.47. The number of aryl methyl sites for hydroxylation is 2. The second kappa shape index (κ2) is 3.58. The second-order valence-corrected chi connectivity index (χ2v) is 6.46. The Morgan fingerprint density at radius 3 is 2.12 bits per heavy atom. The maximum atomic E-state index is 6.40. The Morgan fingerprint density at radius 2 is 1.53 bits per heavy atom. The minimum atomic E-state index is 0.180. The van der Waals surface area contributed by atoms with Crippen molar-refractivity contribution in [1.29, 1.82) is 0 Å². The molecule has 1 heteroatoms. The molecule has 1 aromatic carbocycles. The summed E-state index contributed by atoms with van der Waals surface area (Å²) in [7, 11) is 0. The largest absolute Gasteiger partial charge is 0.325 e. The molecule has 0 amide bonds. The number of hydrogen-bond acceptors (Lipinski definition) is 1. The van der Waals surface area contributed by atoms with Gasteiger partial charge in [0.25, 0.3) is 0 Å². The highest BCUT2D eigenvalue weighted by molar-refractivity contribution is 5.38. The quantitative estimate of drug-likeness (QED) is 0.782. The smallest absolute Gasteiger partial charge is 0.0155 e. The van der Waals surface area contributed by atoms with E-state index >= 15 is 0 Å². The van der Waals surface area contributed by atoms with E-state index in [0.29, 0.717) is 5.41 Å². The van der Waals surface area contributed by atoms with E-state index in [1.54, 1.807) is 5.56 Å². The first-order chi connectivity index (χ1) is 8.03. The Hall–Kier alpha value is -0.820. The van der Waals surface area contributed by atoms with E-state index in [1.807, 2.05) is 0 Å². The van der Waals surface area contributed by atoms with Crippen molar-refractivity contribution in [3.63, 3.8) is 0 Å². The van der Waals surface area contributed by atoms with Crippen LogP contribution in [-0.2, 0) is 5.41 Å². The molecule has 0 unspecified atom stereocenters. The zero-order chi connectivity index (χ0) is 12.1. The molecule has 17 heavy (non-hydrogen) atoms. The second-order valence-electron chi connectivity index (χ2n) is 6.46. The van der Waals surface area contributed by atoms with Gasteiger partial charge in [-0.2, -0.15) is 0 Å². The molecule has 1 aromatic rings. The van der Waals surface area contributed by atoms with Crippen LogP contribution in [0.25, 0.3) is 0 Å². The van der Waals surface area contributed by atoms with Crippen molar-refractivity contribution in [3.8, 4) is 0 Å². The molecule has 3 saturated carbocycles. The zero-order valence-corrected chi connectivity index (χ0v) is 11.1. The third-order valence-corrected chi connectivity index (χ3v) is 5.27. The molecule has 2 N–H and O–H groups in total. The standard InChI is InChI=1S/C16H23N/c1-12-3-4-13(2)14(11-12)15-5-8-16(17,9-6-15)10-7-15/h3-4,11H,5-10,17H2,1-2H3. The maximum absolute atomic E-state index is 6.40. The minimum absolute atomic E-state index is 0.180.